The van der Waals surface area contributed by atoms with E-state index in [0.29, 0.717) is 22.7 Å². The van der Waals surface area contributed by atoms with Crippen LogP contribution in [0.1, 0.15) is 31.7 Å². The molecule has 134 valence electrons. The van der Waals surface area contributed by atoms with Crippen molar-refractivity contribution in [2.45, 2.75) is 32.1 Å². The molecule has 0 bridgehead atoms. The maximum absolute atomic E-state index is 6.03. The van der Waals surface area contributed by atoms with E-state index >= 15 is 0 Å². The molecular weight excluding hydrogens is 342 g/mol. The van der Waals surface area contributed by atoms with Crippen molar-refractivity contribution >= 4 is 11.6 Å². The lowest BCUT2D eigenvalue weighted by Crippen LogP contribution is -2.39. The van der Waals surface area contributed by atoms with E-state index in [2.05, 4.69) is 22.0 Å². The highest BCUT2D eigenvalue weighted by atomic mass is 35.5. The molecule has 1 aromatic heterocycles. The molecule has 0 saturated carbocycles. The standard InChI is InChI=1S/C18H22ClN3O3/c1-12(22-7-5-13(6-8-22)18-23-9-10-24-18)16-20-21-17(25-16)14-3-2-4-15(19)11-14/h2-4,11-13,18H,5-10H2,1H3. The van der Waals surface area contributed by atoms with E-state index in [9.17, 15) is 0 Å². The summed E-state index contributed by atoms with van der Waals surface area (Å²) in [6.07, 6.45) is 2.10. The quantitative estimate of drug-likeness (QED) is 0.828. The SMILES string of the molecule is CC(c1nnc(-c2cccc(Cl)c2)o1)N1CCC(C2OCCO2)CC1. The van der Waals surface area contributed by atoms with Crippen LogP contribution in [-0.4, -0.2) is 47.7 Å². The lowest BCUT2D eigenvalue weighted by molar-refractivity contribution is -0.0996. The molecule has 2 aliphatic heterocycles. The Bertz CT molecular complexity index is 709. The minimum atomic E-state index is -0.0182. The van der Waals surface area contributed by atoms with Crippen LogP contribution in [0.15, 0.2) is 28.7 Å². The van der Waals surface area contributed by atoms with Gasteiger partial charge in [0.05, 0.1) is 19.3 Å². The largest absolute Gasteiger partial charge is 0.419 e. The van der Waals surface area contributed by atoms with E-state index in [4.69, 9.17) is 25.5 Å². The van der Waals surface area contributed by atoms with E-state index < -0.39 is 0 Å². The number of halogens is 1. The molecule has 0 spiro atoms. The lowest BCUT2D eigenvalue weighted by atomic mass is 9.95. The summed E-state index contributed by atoms with van der Waals surface area (Å²) in [5, 5.41) is 9.08. The number of benzene rings is 1. The second-order valence-electron chi connectivity index (χ2n) is 6.62. The molecule has 4 rings (SSSR count). The lowest BCUT2D eigenvalue weighted by Gasteiger charge is -2.36. The van der Waals surface area contributed by atoms with Gasteiger partial charge in [0.15, 0.2) is 6.29 Å². The smallest absolute Gasteiger partial charge is 0.247 e. The molecule has 3 heterocycles. The highest BCUT2D eigenvalue weighted by Crippen LogP contribution is 2.31. The first-order valence-corrected chi connectivity index (χ1v) is 9.15. The van der Waals surface area contributed by atoms with Crippen molar-refractivity contribution < 1.29 is 13.9 Å². The van der Waals surface area contributed by atoms with Crippen LogP contribution >= 0.6 is 11.6 Å². The molecular formula is C18H22ClN3O3. The minimum absolute atomic E-state index is 0.0182. The third-order valence-corrected chi connectivity index (χ3v) is 5.26. The van der Waals surface area contributed by atoms with Gasteiger partial charge in [0, 0.05) is 16.5 Å². The van der Waals surface area contributed by atoms with Gasteiger partial charge in [-0.25, -0.2) is 0 Å². The van der Waals surface area contributed by atoms with Crippen molar-refractivity contribution in [1.29, 1.82) is 0 Å². The number of piperidine rings is 1. The average Bonchev–Trinajstić information content (AvgIpc) is 3.33. The summed E-state index contributed by atoms with van der Waals surface area (Å²) in [5.41, 5.74) is 0.840. The Morgan fingerprint density at radius 2 is 1.92 bits per heavy atom. The number of ether oxygens (including phenoxy) is 2. The molecule has 1 aromatic carbocycles. The van der Waals surface area contributed by atoms with Gasteiger partial charge in [0.1, 0.15) is 0 Å². The molecule has 25 heavy (non-hydrogen) atoms. The van der Waals surface area contributed by atoms with Crippen molar-refractivity contribution in [3.8, 4) is 11.5 Å². The second-order valence-corrected chi connectivity index (χ2v) is 7.05. The van der Waals surface area contributed by atoms with Gasteiger partial charge in [-0.1, -0.05) is 17.7 Å². The Balaban J connectivity index is 1.39. The molecule has 0 aliphatic carbocycles. The summed E-state index contributed by atoms with van der Waals surface area (Å²) in [6.45, 7) is 5.50. The van der Waals surface area contributed by atoms with Crippen molar-refractivity contribution in [2.24, 2.45) is 5.92 Å². The Labute approximate surface area is 152 Å². The number of nitrogens with zero attached hydrogens (tertiary/aromatic N) is 3. The molecule has 2 aromatic rings. The van der Waals surface area contributed by atoms with Crippen LogP contribution in [0.2, 0.25) is 5.02 Å². The highest BCUT2D eigenvalue weighted by Gasteiger charge is 2.33. The summed E-state index contributed by atoms with van der Waals surface area (Å²) in [5.74, 6) is 1.63. The van der Waals surface area contributed by atoms with E-state index in [1.54, 1.807) is 0 Å². The fourth-order valence-electron chi connectivity index (χ4n) is 3.53. The van der Waals surface area contributed by atoms with Gasteiger partial charge in [-0.05, 0) is 51.1 Å². The van der Waals surface area contributed by atoms with Crippen LogP contribution < -0.4 is 0 Å². The summed E-state index contributed by atoms with van der Waals surface area (Å²) in [7, 11) is 0. The van der Waals surface area contributed by atoms with Gasteiger partial charge in [-0.3, -0.25) is 4.90 Å². The van der Waals surface area contributed by atoms with Gasteiger partial charge in [-0.15, -0.1) is 10.2 Å². The summed E-state index contributed by atoms with van der Waals surface area (Å²) >= 11 is 6.03. The van der Waals surface area contributed by atoms with Gasteiger partial charge in [-0.2, -0.15) is 0 Å². The topological polar surface area (TPSA) is 60.6 Å². The van der Waals surface area contributed by atoms with Gasteiger partial charge < -0.3 is 13.9 Å². The first kappa shape index (κ1) is 17.0. The molecule has 0 amide bonds. The van der Waals surface area contributed by atoms with Crippen LogP contribution in [0.25, 0.3) is 11.5 Å². The maximum atomic E-state index is 6.03. The number of aromatic nitrogens is 2. The molecule has 7 heteroatoms. The minimum Gasteiger partial charge on any atom is -0.419 e. The molecule has 1 atom stereocenters. The normalized spacial score (nSPS) is 21.7. The van der Waals surface area contributed by atoms with Crippen molar-refractivity contribution in [3.05, 3.63) is 35.2 Å². The first-order valence-electron chi connectivity index (χ1n) is 8.77. The fraction of sp³-hybridized carbons (Fsp3) is 0.556. The molecule has 6 nitrogen and oxygen atoms in total. The van der Waals surface area contributed by atoms with Crippen LogP contribution in [0.5, 0.6) is 0 Å². The zero-order chi connectivity index (χ0) is 17.2. The monoisotopic (exact) mass is 363 g/mol. The van der Waals surface area contributed by atoms with E-state index in [1.807, 2.05) is 24.3 Å². The Kier molecular flexibility index (Phi) is 5.03. The third kappa shape index (κ3) is 3.72. The Morgan fingerprint density at radius 1 is 1.16 bits per heavy atom. The number of likely N-dealkylation sites (tertiary alicyclic amines) is 1. The predicted molar refractivity (Wildman–Crippen MR) is 93.1 cm³/mol. The molecule has 0 N–H and O–H groups in total. The van der Waals surface area contributed by atoms with Crippen LogP contribution in [0, 0.1) is 5.92 Å². The predicted octanol–water partition coefficient (Wildman–Crippen LogP) is 3.54. The summed E-state index contributed by atoms with van der Waals surface area (Å²) in [6, 6.07) is 7.54. The van der Waals surface area contributed by atoms with Crippen molar-refractivity contribution in [3.63, 3.8) is 0 Å². The van der Waals surface area contributed by atoms with Crippen LogP contribution in [0.4, 0.5) is 0 Å². The molecule has 2 saturated heterocycles. The van der Waals surface area contributed by atoms with Crippen molar-refractivity contribution in [1.82, 2.24) is 15.1 Å². The molecule has 1 unspecified atom stereocenters. The van der Waals surface area contributed by atoms with E-state index in [1.165, 1.54) is 0 Å². The van der Waals surface area contributed by atoms with Gasteiger partial charge in [0.2, 0.25) is 11.8 Å². The Hall–Kier alpha value is -1.47. The first-order chi connectivity index (χ1) is 12.2. The molecule has 2 aliphatic rings. The number of hydrogen-bond donors (Lipinski definition) is 0. The Morgan fingerprint density at radius 3 is 2.64 bits per heavy atom. The van der Waals surface area contributed by atoms with Gasteiger partial charge in [0.25, 0.3) is 0 Å². The second kappa shape index (κ2) is 7.41. The number of hydrogen-bond acceptors (Lipinski definition) is 6. The van der Waals surface area contributed by atoms with Crippen LogP contribution in [0.3, 0.4) is 0 Å². The zero-order valence-electron chi connectivity index (χ0n) is 14.2. The van der Waals surface area contributed by atoms with Gasteiger partial charge >= 0.3 is 0 Å². The number of rotatable bonds is 4. The van der Waals surface area contributed by atoms with E-state index in [0.717, 1.165) is 44.7 Å². The fourth-order valence-corrected chi connectivity index (χ4v) is 3.72. The van der Waals surface area contributed by atoms with Crippen LogP contribution in [-0.2, 0) is 9.47 Å². The molecule has 0 radical (unpaired) electrons. The summed E-state index contributed by atoms with van der Waals surface area (Å²) < 4.78 is 17.2. The average molecular weight is 364 g/mol. The van der Waals surface area contributed by atoms with Crippen molar-refractivity contribution in [2.75, 3.05) is 26.3 Å². The highest BCUT2D eigenvalue weighted by molar-refractivity contribution is 6.30. The summed E-state index contributed by atoms with van der Waals surface area (Å²) in [4.78, 5) is 2.38. The van der Waals surface area contributed by atoms with E-state index in [-0.39, 0.29) is 12.3 Å². The molecule has 2 fully saturated rings. The zero-order valence-corrected chi connectivity index (χ0v) is 15.0. The maximum Gasteiger partial charge on any atom is 0.247 e. The third-order valence-electron chi connectivity index (χ3n) is 5.02.